The Hall–Kier alpha value is -3.68. The summed E-state index contributed by atoms with van der Waals surface area (Å²) in [7, 11) is 1.26. The molecule has 0 atom stereocenters. The molecule has 0 aliphatic carbocycles. The topological polar surface area (TPSA) is 112 Å². The Balaban J connectivity index is 1.87. The van der Waals surface area contributed by atoms with Gasteiger partial charge in [0.25, 0.3) is 5.56 Å². The average molecular weight is 366 g/mol. The lowest BCUT2D eigenvalue weighted by Crippen LogP contribution is -2.21. The van der Waals surface area contributed by atoms with Crippen molar-refractivity contribution in [1.82, 2.24) is 9.55 Å². The van der Waals surface area contributed by atoms with Crippen LogP contribution in [0.5, 0.6) is 0 Å². The number of methoxy groups -OCH3 is 1. The van der Waals surface area contributed by atoms with E-state index in [9.17, 15) is 14.4 Å². The number of benzene rings is 1. The molecule has 3 aromatic rings. The van der Waals surface area contributed by atoms with Gasteiger partial charge in [-0.05, 0) is 42.3 Å². The lowest BCUT2D eigenvalue weighted by molar-refractivity contribution is 0.0564. The lowest BCUT2D eigenvalue weighted by Gasteiger charge is -2.06. The summed E-state index contributed by atoms with van der Waals surface area (Å²) < 4.78 is 11.4. The molecule has 4 rings (SSSR count). The van der Waals surface area contributed by atoms with Crippen LogP contribution in [0.4, 0.5) is 0 Å². The molecule has 0 saturated carbocycles. The minimum atomic E-state index is -1.09. The van der Waals surface area contributed by atoms with Crippen LogP contribution < -0.4 is 5.56 Å². The molecule has 0 fully saturated rings. The largest absolute Gasteiger partial charge is 0.478 e. The first-order valence-electron chi connectivity index (χ1n) is 8.14. The highest BCUT2D eigenvalue weighted by molar-refractivity contribution is 5.95. The van der Waals surface area contributed by atoms with Crippen molar-refractivity contribution in [1.29, 1.82) is 0 Å². The van der Waals surface area contributed by atoms with Crippen LogP contribution in [0.2, 0.25) is 0 Å². The number of carboxylic acid groups (broad SMARTS) is 1. The number of carbonyl (C=O) groups excluding carboxylic acids is 1. The third-order valence-electron chi connectivity index (χ3n) is 4.49. The second-order valence-electron chi connectivity index (χ2n) is 6.05. The Morgan fingerprint density at radius 2 is 2.15 bits per heavy atom. The molecule has 8 heteroatoms. The van der Waals surface area contributed by atoms with E-state index in [1.165, 1.54) is 31.6 Å². The van der Waals surface area contributed by atoms with Crippen LogP contribution in [0.1, 0.15) is 38.7 Å². The fraction of sp³-hybridized carbons (Fsp3) is 0.158. The third kappa shape index (κ3) is 2.71. The number of aromatic carboxylic acids is 1. The molecular weight excluding hydrogens is 352 g/mol. The number of rotatable bonds is 3. The van der Waals surface area contributed by atoms with E-state index in [1.54, 1.807) is 16.7 Å². The molecule has 0 spiro atoms. The van der Waals surface area contributed by atoms with E-state index in [0.717, 1.165) is 5.57 Å². The van der Waals surface area contributed by atoms with Gasteiger partial charge in [0.15, 0.2) is 0 Å². The second-order valence-corrected chi connectivity index (χ2v) is 6.05. The fourth-order valence-corrected chi connectivity index (χ4v) is 3.17. The first-order valence-corrected chi connectivity index (χ1v) is 8.14. The maximum Gasteiger partial charge on any atom is 0.374 e. The highest BCUT2D eigenvalue weighted by Crippen LogP contribution is 2.29. The van der Waals surface area contributed by atoms with E-state index < -0.39 is 11.9 Å². The molecule has 1 aliphatic rings. The number of hydrogen-bond acceptors (Lipinski definition) is 6. The van der Waals surface area contributed by atoms with E-state index in [2.05, 4.69) is 4.98 Å². The number of hydrogen-bond donors (Lipinski definition) is 1. The molecule has 1 aromatic carbocycles. The molecule has 27 heavy (non-hydrogen) atoms. The number of nitrogens with zero attached hydrogens (tertiary/aromatic N) is 2. The highest BCUT2D eigenvalue weighted by atomic mass is 16.5. The standard InChI is InChI=1S/C19H14N2O6/c1-26-19(25)15-10(5-7-27-15)8-11-4-6-21-16(11)20-14-9-12(18(23)24)2-3-13(14)17(21)22/h2-3,5,7-9H,4,6H2,1H3,(H,23,24). The Morgan fingerprint density at radius 1 is 1.33 bits per heavy atom. The SMILES string of the molecule is COC(=O)c1occc1C=C1CCn2c1nc1cc(C(=O)O)ccc1c2=O. The van der Waals surface area contributed by atoms with E-state index in [4.69, 9.17) is 14.3 Å². The zero-order valence-corrected chi connectivity index (χ0v) is 14.3. The van der Waals surface area contributed by atoms with E-state index in [1.807, 2.05) is 0 Å². The van der Waals surface area contributed by atoms with Crippen molar-refractivity contribution < 1.29 is 23.8 Å². The first kappa shape index (κ1) is 16.8. The van der Waals surface area contributed by atoms with Crippen LogP contribution >= 0.6 is 0 Å². The Labute approximate surface area is 152 Å². The number of esters is 1. The van der Waals surface area contributed by atoms with Gasteiger partial charge in [-0.3, -0.25) is 9.36 Å². The molecule has 3 heterocycles. The van der Waals surface area contributed by atoms with Crippen molar-refractivity contribution in [3.05, 3.63) is 63.6 Å². The number of aromatic nitrogens is 2. The molecule has 0 amide bonds. The second kappa shape index (κ2) is 6.24. The number of carboxylic acids is 1. The summed E-state index contributed by atoms with van der Waals surface area (Å²) in [5.41, 5.74) is 1.43. The summed E-state index contributed by atoms with van der Waals surface area (Å²) in [6.07, 6.45) is 3.66. The minimum absolute atomic E-state index is 0.0608. The van der Waals surface area contributed by atoms with Gasteiger partial charge in [-0.25, -0.2) is 14.6 Å². The molecule has 0 unspecified atom stereocenters. The van der Waals surface area contributed by atoms with Crippen LogP contribution in [-0.2, 0) is 11.3 Å². The zero-order chi connectivity index (χ0) is 19.1. The van der Waals surface area contributed by atoms with Gasteiger partial charge in [-0.2, -0.15) is 0 Å². The summed E-state index contributed by atoms with van der Waals surface area (Å²) in [6, 6.07) is 5.88. The average Bonchev–Trinajstić information content (AvgIpc) is 3.29. The summed E-state index contributed by atoms with van der Waals surface area (Å²) in [5.74, 6) is -1.16. The molecule has 0 bridgehead atoms. The van der Waals surface area contributed by atoms with Crippen LogP contribution in [-0.4, -0.2) is 33.7 Å². The van der Waals surface area contributed by atoms with Crippen molar-refractivity contribution in [3.63, 3.8) is 0 Å². The summed E-state index contributed by atoms with van der Waals surface area (Å²) >= 11 is 0. The van der Waals surface area contributed by atoms with Gasteiger partial charge in [0, 0.05) is 12.1 Å². The predicted octanol–water partition coefficient (Wildman–Crippen LogP) is 2.42. The Bertz CT molecular complexity index is 1180. The van der Waals surface area contributed by atoms with Crippen LogP contribution in [0.15, 0.2) is 39.7 Å². The van der Waals surface area contributed by atoms with Crippen molar-refractivity contribution in [2.75, 3.05) is 7.11 Å². The van der Waals surface area contributed by atoms with E-state index in [0.29, 0.717) is 35.3 Å². The lowest BCUT2D eigenvalue weighted by atomic mass is 10.1. The summed E-state index contributed by atoms with van der Waals surface area (Å²) in [6.45, 7) is 0.453. The summed E-state index contributed by atoms with van der Waals surface area (Å²) in [5, 5.41) is 9.52. The van der Waals surface area contributed by atoms with E-state index >= 15 is 0 Å². The van der Waals surface area contributed by atoms with Crippen LogP contribution in [0, 0.1) is 0 Å². The third-order valence-corrected chi connectivity index (χ3v) is 4.49. The van der Waals surface area contributed by atoms with Gasteiger partial charge in [0.2, 0.25) is 5.76 Å². The van der Waals surface area contributed by atoms with Crippen molar-refractivity contribution in [3.8, 4) is 0 Å². The van der Waals surface area contributed by atoms with Crippen molar-refractivity contribution >= 4 is 34.5 Å². The minimum Gasteiger partial charge on any atom is -0.478 e. The van der Waals surface area contributed by atoms with Gasteiger partial charge in [-0.1, -0.05) is 0 Å². The summed E-state index contributed by atoms with van der Waals surface area (Å²) in [4.78, 5) is 40.2. The van der Waals surface area contributed by atoms with Crippen molar-refractivity contribution in [2.24, 2.45) is 0 Å². The number of ether oxygens (including phenoxy) is 1. The van der Waals surface area contributed by atoms with Gasteiger partial charge in [0.1, 0.15) is 5.82 Å². The molecule has 2 aromatic heterocycles. The zero-order valence-electron chi connectivity index (χ0n) is 14.3. The van der Waals surface area contributed by atoms with Gasteiger partial charge in [0.05, 0.1) is 29.8 Å². The number of fused-ring (bicyclic) bond motifs is 2. The molecule has 1 N–H and O–H groups in total. The number of furan rings is 1. The molecule has 0 saturated heterocycles. The highest BCUT2D eigenvalue weighted by Gasteiger charge is 2.23. The van der Waals surface area contributed by atoms with Gasteiger partial charge < -0.3 is 14.3 Å². The first-order chi connectivity index (χ1) is 13.0. The van der Waals surface area contributed by atoms with Crippen molar-refractivity contribution in [2.45, 2.75) is 13.0 Å². The number of carbonyl (C=O) groups is 2. The Kier molecular flexibility index (Phi) is 3.88. The molecule has 0 radical (unpaired) electrons. The smallest absolute Gasteiger partial charge is 0.374 e. The van der Waals surface area contributed by atoms with Gasteiger partial charge >= 0.3 is 11.9 Å². The molecule has 8 nitrogen and oxygen atoms in total. The normalized spacial score (nSPS) is 14.5. The van der Waals surface area contributed by atoms with Crippen LogP contribution in [0.25, 0.3) is 22.6 Å². The quantitative estimate of drug-likeness (QED) is 0.709. The van der Waals surface area contributed by atoms with Gasteiger partial charge in [-0.15, -0.1) is 0 Å². The van der Waals surface area contributed by atoms with Crippen LogP contribution in [0.3, 0.4) is 0 Å². The molecule has 136 valence electrons. The maximum absolute atomic E-state index is 12.7. The monoisotopic (exact) mass is 366 g/mol. The predicted molar refractivity (Wildman–Crippen MR) is 95.5 cm³/mol. The van der Waals surface area contributed by atoms with E-state index in [-0.39, 0.29) is 16.9 Å². The number of allylic oxidation sites excluding steroid dienone is 1. The maximum atomic E-state index is 12.7. The molecule has 1 aliphatic heterocycles. The fourth-order valence-electron chi connectivity index (χ4n) is 3.17. The Morgan fingerprint density at radius 3 is 2.89 bits per heavy atom. The molecular formula is C19H14N2O6.